The zero-order chi connectivity index (χ0) is 25.7. The molecule has 0 aliphatic heterocycles. The highest BCUT2D eigenvalue weighted by Crippen LogP contribution is 2.44. The van der Waals surface area contributed by atoms with Crippen molar-refractivity contribution < 1.29 is 43.9 Å². The zero-order valence-electron chi connectivity index (χ0n) is 17.6. The Kier molecular flexibility index (Phi) is 6.44. The molecule has 0 bridgehead atoms. The van der Waals surface area contributed by atoms with E-state index < -0.39 is 72.6 Å². The third-order valence-electron chi connectivity index (χ3n) is 5.80. The lowest BCUT2D eigenvalue weighted by molar-refractivity contribution is -0.145. The lowest BCUT2D eigenvalue weighted by atomic mass is 9.73. The van der Waals surface area contributed by atoms with Crippen molar-refractivity contribution in [1.29, 1.82) is 0 Å². The summed E-state index contributed by atoms with van der Waals surface area (Å²) in [6.45, 7) is 2.56. The Hall–Kier alpha value is -2.77. The molecule has 14 heteroatoms. The molecule has 1 aromatic carbocycles. The average Bonchev–Trinajstić information content (AvgIpc) is 2.68. The second kappa shape index (κ2) is 8.47. The van der Waals surface area contributed by atoms with Gasteiger partial charge in [-0.25, -0.2) is 22.8 Å². The van der Waals surface area contributed by atoms with Gasteiger partial charge in [0.25, 0.3) is 5.91 Å². The predicted molar refractivity (Wildman–Crippen MR) is 104 cm³/mol. The van der Waals surface area contributed by atoms with Gasteiger partial charge >= 0.3 is 12.4 Å². The lowest BCUT2D eigenvalue weighted by Crippen LogP contribution is -2.53. The number of amides is 1. The molecule has 0 radical (unpaired) electrons. The Morgan fingerprint density at radius 1 is 1.03 bits per heavy atom. The molecule has 186 valence electrons. The third kappa shape index (κ3) is 5.00. The van der Waals surface area contributed by atoms with Crippen LogP contribution in [0.2, 0.25) is 0 Å². The van der Waals surface area contributed by atoms with Crippen LogP contribution in [0.25, 0.3) is 0 Å². The number of nitrogens with zero attached hydrogens (tertiary/aromatic N) is 2. The van der Waals surface area contributed by atoms with Crippen LogP contribution in [0.15, 0.2) is 35.4 Å². The summed E-state index contributed by atoms with van der Waals surface area (Å²) >= 11 is 0. The molecule has 1 aromatic heterocycles. The Bertz CT molecular complexity index is 1200. The van der Waals surface area contributed by atoms with Crippen molar-refractivity contribution in [3.05, 3.63) is 53.4 Å². The monoisotopic (exact) mass is 513 g/mol. The first-order chi connectivity index (χ1) is 15.4. The number of aromatic nitrogens is 2. The number of rotatable bonds is 5. The van der Waals surface area contributed by atoms with Gasteiger partial charge in [-0.3, -0.25) is 4.79 Å². The summed E-state index contributed by atoms with van der Waals surface area (Å²) in [5.74, 6) is -4.40. The minimum Gasteiger partial charge on any atom is -0.348 e. The van der Waals surface area contributed by atoms with Crippen molar-refractivity contribution in [3.63, 3.8) is 0 Å². The lowest BCUT2D eigenvalue weighted by Gasteiger charge is -2.44. The minimum absolute atomic E-state index is 0.0800. The first-order valence-electron chi connectivity index (χ1n) is 9.76. The molecule has 0 unspecified atom stereocenters. The van der Waals surface area contributed by atoms with Gasteiger partial charge in [0.2, 0.25) is 5.82 Å². The summed E-state index contributed by atoms with van der Waals surface area (Å²) in [6, 6.07) is 1.45. The zero-order valence-corrected chi connectivity index (χ0v) is 18.4. The topological polar surface area (TPSA) is 89.0 Å². The SMILES string of the molecule is CC(C)([C@H]1C[C@@H](NC(=O)c2ccnc(C(F)(F)F)n2)C1)S(=O)(=O)c1cc(F)cc(C(F)(F)F)c1. The molecule has 1 aliphatic carbocycles. The van der Waals surface area contributed by atoms with Gasteiger partial charge in [0.15, 0.2) is 9.84 Å². The van der Waals surface area contributed by atoms with Crippen LogP contribution < -0.4 is 5.32 Å². The van der Waals surface area contributed by atoms with Crippen molar-refractivity contribution >= 4 is 15.7 Å². The van der Waals surface area contributed by atoms with Crippen molar-refractivity contribution in [3.8, 4) is 0 Å². The number of sulfone groups is 1. The highest BCUT2D eigenvalue weighted by atomic mass is 32.2. The van der Waals surface area contributed by atoms with E-state index in [1.54, 1.807) is 0 Å². The maximum Gasteiger partial charge on any atom is 0.451 e. The van der Waals surface area contributed by atoms with E-state index in [1.165, 1.54) is 13.8 Å². The molecule has 1 heterocycles. The molecule has 6 nitrogen and oxygen atoms in total. The summed E-state index contributed by atoms with van der Waals surface area (Å²) in [5.41, 5.74) is -1.97. The first-order valence-corrected chi connectivity index (χ1v) is 11.2. The standard InChI is InChI=1S/C20H18F7N3O3S/c1-18(2,34(32,33)14-8-11(19(22,23)24)5-12(21)9-14)10-6-13(7-10)29-16(31)15-3-4-28-17(30-15)20(25,26)27/h3-5,8-10,13H,6-7H2,1-2H3,(H,29,31)/t10-,13+. The second-order valence-electron chi connectivity index (χ2n) is 8.38. The van der Waals surface area contributed by atoms with Gasteiger partial charge in [-0.15, -0.1) is 0 Å². The molecule has 34 heavy (non-hydrogen) atoms. The van der Waals surface area contributed by atoms with Gasteiger partial charge < -0.3 is 5.32 Å². The molecular formula is C20H18F7N3O3S. The molecule has 0 atom stereocenters. The molecule has 1 saturated carbocycles. The Morgan fingerprint density at radius 3 is 2.21 bits per heavy atom. The summed E-state index contributed by atoms with van der Waals surface area (Å²) < 4.78 is 115. The summed E-state index contributed by atoms with van der Waals surface area (Å²) in [7, 11) is -4.43. The van der Waals surface area contributed by atoms with E-state index in [9.17, 15) is 43.9 Å². The van der Waals surface area contributed by atoms with Gasteiger partial charge in [0.05, 0.1) is 15.2 Å². The van der Waals surface area contributed by atoms with Crippen LogP contribution in [0, 0.1) is 11.7 Å². The van der Waals surface area contributed by atoms with Crippen molar-refractivity contribution in [2.75, 3.05) is 0 Å². The first kappa shape index (κ1) is 25.8. The van der Waals surface area contributed by atoms with E-state index in [0.29, 0.717) is 12.1 Å². The van der Waals surface area contributed by atoms with Crippen molar-refractivity contribution in [2.45, 2.75) is 54.7 Å². The van der Waals surface area contributed by atoms with E-state index in [2.05, 4.69) is 15.3 Å². The summed E-state index contributed by atoms with van der Waals surface area (Å²) in [5, 5.41) is 2.44. The smallest absolute Gasteiger partial charge is 0.348 e. The highest BCUT2D eigenvalue weighted by Gasteiger charge is 2.49. The van der Waals surface area contributed by atoms with Gasteiger partial charge in [0.1, 0.15) is 11.5 Å². The normalized spacial score (nSPS) is 19.4. The number of nitrogens with one attached hydrogen (secondary N) is 1. The van der Waals surface area contributed by atoms with Gasteiger partial charge in [-0.05, 0) is 56.9 Å². The molecule has 3 rings (SSSR count). The molecule has 1 aliphatic rings. The quantitative estimate of drug-likeness (QED) is 0.599. The van der Waals surface area contributed by atoms with Crippen LogP contribution in [0.4, 0.5) is 30.7 Å². The van der Waals surface area contributed by atoms with E-state index in [0.717, 1.165) is 12.3 Å². The number of hydrogen-bond donors (Lipinski definition) is 1. The van der Waals surface area contributed by atoms with E-state index in [-0.39, 0.29) is 18.9 Å². The second-order valence-corrected chi connectivity index (χ2v) is 10.9. The number of halogens is 7. The Labute approximate surface area is 189 Å². The number of carbonyl (C=O) groups excluding carboxylic acids is 1. The Balaban J connectivity index is 1.72. The van der Waals surface area contributed by atoms with Crippen LogP contribution in [-0.2, 0) is 22.2 Å². The van der Waals surface area contributed by atoms with Crippen LogP contribution in [0.3, 0.4) is 0 Å². The van der Waals surface area contributed by atoms with Crippen LogP contribution in [0.1, 0.15) is 48.6 Å². The van der Waals surface area contributed by atoms with Crippen molar-refractivity contribution in [2.24, 2.45) is 5.92 Å². The molecule has 1 fully saturated rings. The van der Waals surface area contributed by atoms with Gasteiger partial charge in [0, 0.05) is 12.2 Å². The van der Waals surface area contributed by atoms with E-state index in [4.69, 9.17) is 0 Å². The van der Waals surface area contributed by atoms with E-state index >= 15 is 0 Å². The molecule has 1 N–H and O–H groups in total. The molecule has 1 amide bonds. The maximum absolute atomic E-state index is 13.7. The molecular weight excluding hydrogens is 495 g/mol. The van der Waals surface area contributed by atoms with Crippen LogP contribution >= 0.6 is 0 Å². The Morgan fingerprint density at radius 2 is 1.65 bits per heavy atom. The third-order valence-corrected chi connectivity index (χ3v) is 8.37. The maximum atomic E-state index is 13.7. The fraction of sp³-hybridized carbons (Fsp3) is 0.450. The van der Waals surface area contributed by atoms with E-state index in [1.807, 2.05) is 0 Å². The number of hydrogen-bond acceptors (Lipinski definition) is 5. The number of benzene rings is 1. The molecule has 2 aromatic rings. The minimum atomic E-state index is -4.95. The largest absolute Gasteiger partial charge is 0.451 e. The highest BCUT2D eigenvalue weighted by molar-refractivity contribution is 7.92. The molecule has 0 spiro atoms. The average molecular weight is 513 g/mol. The van der Waals surface area contributed by atoms with Crippen LogP contribution in [0.5, 0.6) is 0 Å². The molecule has 0 saturated heterocycles. The summed E-state index contributed by atoms with van der Waals surface area (Å²) in [6.07, 6.45) is -8.86. The predicted octanol–water partition coefficient (Wildman–Crippen LogP) is 4.41. The number of carbonyl (C=O) groups is 1. The van der Waals surface area contributed by atoms with Gasteiger partial charge in [-0.2, -0.15) is 26.3 Å². The van der Waals surface area contributed by atoms with Gasteiger partial charge in [-0.1, -0.05) is 0 Å². The summed E-state index contributed by atoms with van der Waals surface area (Å²) in [4.78, 5) is 17.6. The fourth-order valence-electron chi connectivity index (χ4n) is 3.59. The fourth-order valence-corrected chi connectivity index (χ4v) is 5.38. The number of alkyl halides is 6. The van der Waals surface area contributed by atoms with Crippen molar-refractivity contribution in [1.82, 2.24) is 15.3 Å². The van der Waals surface area contributed by atoms with Crippen LogP contribution in [-0.4, -0.2) is 35.1 Å².